The van der Waals surface area contributed by atoms with E-state index in [0.29, 0.717) is 11.7 Å². The van der Waals surface area contributed by atoms with Crippen molar-refractivity contribution in [1.29, 1.82) is 0 Å². The zero-order valence-electron chi connectivity index (χ0n) is 12.5. The van der Waals surface area contributed by atoms with Gasteiger partial charge in [0.15, 0.2) is 0 Å². The maximum Gasteiger partial charge on any atom is 0.126 e. The molecule has 1 aliphatic carbocycles. The highest BCUT2D eigenvalue weighted by molar-refractivity contribution is 5.23. The molecule has 0 radical (unpaired) electrons. The Balaban J connectivity index is 1.53. The fourth-order valence-electron chi connectivity index (χ4n) is 2.73. The van der Waals surface area contributed by atoms with E-state index in [4.69, 9.17) is 4.74 Å². The molecule has 0 bridgehead atoms. The second-order valence-electron chi connectivity index (χ2n) is 5.74. The van der Waals surface area contributed by atoms with Crippen LogP contribution in [0.25, 0.3) is 0 Å². The average Bonchev–Trinajstić information content (AvgIpc) is 2.47. The number of hydrogen-bond donors (Lipinski definition) is 1. The molecule has 1 aromatic rings. The molecule has 2 nitrogen and oxygen atoms in total. The Bertz CT molecular complexity index is 402. The Kier molecular flexibility index (Phi) is 6.48. The van der Waals surface area contributed by atoms with Crippen LogP contribution in [0.5, 0.6) is 0 Å². The second-order valence-corrected chi connectivity index (χ2v) is 5.74. The first-order valence-electron chi connectivity index (χ1n) is 7.83. The van der Waals surface area contributed by atoms with E-state index in [1.807, 2.05) is 12.1 Å². The summed E-state index contributed by atoms with van der Waals surface area (Å²) in [6.07, 6.45) is 8.04. The van der Waals surface area contributed by atoms with Crippen molar-refractivity contribution in [1.82, 2.24) is 5.32 Å². The largest absolute Gasteiger partial charge is 0.378 e. The third-order valence-corrected chi connectivity index (χ3v) is 3.96. The summed E-state index contributed by atoms with van der Waals surface area (Å²) in [5.41, 5.74) is 1.85. The van der Waals surface area contributed by atoms with Gasteiger partial charge in [-0.1, -0.05) is 31.4 Å². The van der Waals surface area contributed by atoms with E-state index in [9.17, 15) is 4.39 Å². The fourth-order valence-corrected chi connectivity index (χ4v) is 2.73. The van der Waals surface area contributed by atoms with Gasteiger partial charge in [0.25, 0.3) is 0 Å². The molecule has 0 spiro atoms. The highest BCUT2D eigenvalue weighted by Crippen LogP contribution is 2.20. The lowest BCUT2D eigenvalue weighted by Gasteiger charge is -2.21. The van der Waals surface area contributed by atoms with Gasteiger partial charge in [-0.05, 0) is 49.9 Å². The molecule has 0 aliphatic heterocycles. The predicted octanol–water partition coefficient (Wildman–Crippen LogP) is 3.96. The Morgan fingerprint density at radius 1 is 1.25 bits per heavy atom. The summed E-state index contributed by atoms with van der Waals surface area (Å²) in [6.45, 7) is 4.39. The van der Waals surface area contributed by atoms with Crippen LogP contribution in [0.2, 0.25) is 0 Å². The van der Waals surface area contributed by atoms with Gasteiger partial charge in [-0.2, -0.15) is 0 Å². The molecule has 1 aromatic carbocycles. The van der Waals surface area contributed by atoms with Gasteiger partial charge in [0.1, 0.15) is 5.82 Å². The third-order valence-electron chi connectivity index (χ3n) is 3.96. The summed E-state index contributed by atoms with van der Waals surface area (Å²) in [7, 11) is 0. The molecule has 20 heavy (non-hydrogen) atoms. The topological polar surface area (TPSA) is 21.3 Å². The lowest BCUT2D eigenvalue weighted by molar-refractivity contribution is 0.0273. The van der Waals surface area contributed by atoms with Gasteiger partial charge in [0.2, 0.25) is 0 Å². The van der Waals surface area contributed by atoms with Crippen molar-refractivity contribution >= 4 is 0 Å². The van der Waals surface area contributed by atoms with Crippen LogP contribution in [0.3, 0.4) is 0 Å². The normalized spacial score (nSPS) is 16.5. The van der Waals surface area contributed by atoms with Gasteiger partial charge in [-0.25, -0.2) is 4.39 Å². The molecule has 0 saturated heterocycles. The molecule has 112 valence electrons. The number of ether oxygens (including phenoxy) is 1. The molecule has 1 fully saturated rings. The zero-order chi connectivity index (χ0) is 14.2. The van der Waals surface area contributed by atoms with Crippen LogP contribution in [-0.2, 0) is 11.3 Å². The standard InChI is InChI=1S/C17H26FNO/c1-14-12-15(8-9-17(14)18)13-19-10-5-11-20-16-6-3-2-4-7-16/h8-9,12,16,19H,2-7,10-11,13H2,1H3. The summed E-state index contributed by atoms with van der Waals surface area (Å²) in [5, 5.41) is 3.38. The van der Waals surface area contributed by atoms with Crippen LogP contribution < -0.4 is 5.32 Å². The van der Waals surface area contributed by atoms with Crippen LogP contribution >= 0.6 is 0 Å². The lowest BCUT2D eigenvalue weighted by Crippen LogP contribution is -2.20. The van der Waals surface area contributed by atoms with Crippen molar-refractivity contribution in [3.63, 3.8) is 0 Å². The fraction of sp³-hybridized carbons (Fsp3) is 0.647. The smallest absolute Gasteiger partial charge is 0.126 e. The van der Waals surface area contributed by atoms with Crippen molar-refractivity contribution in [3.8, 4) is 0 Å². The van der Waals surface area contributed by atoms with E-state index in [1.54, 1.807) is 13.0 Å². The summed E-state index contributed by atoms with van der Waals surface area (Å²) < 4.78 is 19.0. The highest BCUT2D eigenvalue weighted by Gasteiger charge is 2.12. The van der Waals surface area contributed by atoms with Crippen LogP contribution in [-0.4, -0.2) is 19.3 Å². The minimum absolute atomic E-state index is 0.130. The summed E-state index contributed by atoms with van der Waals surface area (Å²) in [4.78, 5) is 0. The number of hydrogen-bond acceptors (Lipinski definition) is 2. The molecule has 1 aliphatic rings. The van der Waals surface area contributed by atoms with Crippen molar-refractivity contribution in [3.05, 3.63) is 35.1 Å². The predicted molar refractivity (Wildman–Crippen MR) is 80.3 cm³/mol. The van der Waals surface area contributed by atoms with Gasteiger partial charge < -0.3 is 10.1 Å². The first-order valence-corrected chi connectivity index (χ1v) is 7.83. The molecule has 0 amide bonds. The lowest BCUT2D eigenvalue weighted by atomic mass is 9.98. The third kappa shape index (κ3) is 5.22. The van der Waals surface area contributed by atoms with Gasteiger partial charge in [-0.15, -0.1) is 0 Å². The van der Waals surface area contributed by atoms with Gasteiger partial charge in [0, 0.05) is 13.2 Å². The van der Waals surface area contributed by atoms with E-state index in [1.165, 1.54) is 32.1 Å². The van der Waals surface area contributed by atoms with Crippen molar-refractivity contribution < 1.29 is 9.13 Å². The monoisotopic (exact) mass is 279 g/mol. The molecular formula is C17H26FNO. The Hall–Kier alpha value is -0.930. The zero-order valence-corrected chi connectivity index (χ0v) is 12.5. The Labute approximate surface area is 121 Å². The maximum absolute atomic E-state index is 13.1. The van der Waals surface area contributed by atoms with Crippen LogP contribution in [0.1, 0.15) is 49.7 Å². The quantitative estimate of drug-likeness (QED) is 0.763. The summed E-state index contributed by atoms with van der Waals surface area (Å²) in [5.74, 6) is -0.130. The molecule has 3 heteroatoms. The van der Waals surface area contributed by atoms with Crippen LogP contribution in [0, 0.1) is 12.7 Å². The maximum atomic E-state index is 13.1. The van der Waals surface area contributed by atoms with Gasteiger partial charge >= 0.3 is 0 Å². The molecule has 1 N–H and O–H groups in total. The van der Waals surface area contributed by atoms with Gasteiger partial charge in [0.05, 0.1) is 6.10 Å². The second kappa shape index (κ2) is 8.38. The number of halogens is 1. The van der Waals surface area contributed by atoms with Crippen molar-refractivity contribution in [2.75, 3.05) is 13.2 Å². The van der Waals surface area contributed by atoms with Crippen molar-refractivity contribution in [2.24, 2.45) is 0 Å². The van der Waals surface area contributed by atoms with E-state index in [0.717, 1.165) is 31.7 Å². The Morgan fingerprint density at radius 3 is 2.80 bits per heavy atom. The van der Waals surface area contributed by atoms with Crippen molar-refractivity contribution in [2.45, 2.75) is 58.1 Å². The Morgan fingerprint density at radius 2 is 2.05 bits per heavy atom. The number of rotatable bonds is 7. The van der Waals surface area contributed by atoms with E-state index in [2.05, 4.69) is 5.32 Å². The van der Waals surface area contributed by atoms with Gasteiger partial charge in [-0.3, -0.25) is 0 Å². The minimum atomic E-state index is -0.130. The van der Waals surface area contributed by atoms with E-state index >= 15 is 0 Å². The number of aryl methyl sites for hydroxylation is 1. The molecule has 0 aromatic heterocycles. The first kappa shape index (κ1) is 15.5. The molecule has 0 heterocycles. The summed E-state index contributed by atoms with van der Waals surface area (Å²) >= 11 is 0. The number of benzene rings is 1. The minimum Gasteiger partial charge on any atom is -0.378 e. The van der Waals surface area contributed by atoms with Crippen LogP contribution in [0.4, 0.5) is 4.39 Å². The van der Waals surface area contributed by atoms with E-state index in [-0.39, 0.29) is 5.82 Å². The van der Waals surface area contributed by atoms with Crippen LogP contribution in [0.15, 0.2) is 18.2 Å². The SMILES string of the molecule is Cc1cc(CNCCCOC2CCCCC2)ccc1F. The molecule has 0 atom stereocenters. The van der Waals surface area contributed by atoms with E-state index < -0.39 is 0 Å². The summed E-state index contributed by atoms with van der Waals surface area (Å²) in [6, 6.07) is 5.28. The number of nitrogens with one attached hydrogen (secondary N) is 1. The molecule has 1 saturated carbocycles. The molecular weight excluding hydrogens is 253 g/mol. The molecule has 0 unspecified atom stereocenters. The average molecular weight is 279 g/mol. The molecule has 2 rings (SSSR count). The first-order chi connectivity index (χ1) is 9.75. The highest BCUT2D eigenvalue weighted by atomic mass is 19.1.